The van der Waals surface area contributed by atoms with Crippen LogP contribution in [-0.2, 0) is 6.42 Å². The molecule has 100 valence electrons. The Hall–Kier alpha value is -1.33. The van der Waals surface area contributed by atoms with Crippen molar-refractivity contribution in [1.29, 1.82) is 0 Å². The van der Waals surface area contributed by atoms with Crippen LogP contribution in [0.5, 0.6) is 0 Å². The number of hydrogen-bond acceptors (Lipinski definition) is 4. The SMILES string of the molecule is Cc1ccc(-c2nnc(CCNC3CC3)s2)c(F)c1. The van der Waals surface area contributed by atoms with Crippen LogP contribution in [0, 0.1) is 12.7 Å². The van der Waals surface area contributed by atoms with Gasteiger partial charge in [-0.15, -0.1) is 10.2 Å². The monoisotopic (exact) mass is 277 g/mol. The first-order valence-electron chi connectivity index (χ1n) is 6.54. The lowest BCUT2D eigenvalue weighted by molar-refractivity contribution is 0.629. The van der Waals surface area contributed by atoms with E-state index in [0.717, 1.165) is 23.5 Å². The molecule has 0 unspecified atom stereocenters. The Morgan fingerprint density at radius 1 is 1.37 bits per heavy atom. The molecule has 1 aliphatic carbocycles. The summed E-state index contributed by atoms with van der Waals surface area (Å²) in [4.78, 5) is 0. The van der Waals surface area contributed by atoms with Crippen LogP contribution in [-0.4, -0.2) is 22.8 Å². The molecule has 1 fully saturated rings. The van der Waals surface area contributed by atoms with Gasteiger partial charge in [-0.25, -0.2) is 4.39 Å². The number of aryl methyl sites for hydroxylation is 1. The molecule has 1 N–H and O–H groups in total. The van der Waals surface area contributed by atoms with Crippen LogP contribution < -0.4 is 5.32 Å². The number of aromatic nitrogens is 2. The summed E-state index contributed by atoms with van der Waals surface area (Å²) in [7, 11) is 0. The van der Waals surface area contributed by atoms with Gasteiger partial charge < -0.3 is 5.32 Å². The van der Waals surface area contributed by atoms with Crippen LogP contribution in [0.3, 0.4) is 0 Å². The molecule has 0 spiro atoms. The van der Waals surface area contributed by atoms with E-state index in [4.69, 9.17) is 0 Å². The van der Waals surface area contributed by atoms with Gasteiger partial charge >= 0.3 is 0 Å². The molecular formula is C14H16FN3S. The van der Waals surface area contributed by atoms with Gasteiger partial charge in [-0.3, -0.25) is 0 Å². The minimum Gasteiger partial charge on any atom is -0.314 e. The second kappa shape index (κ2) is 5.35. The molecular weight excluding hydrogens is 261 g/mol. The van der Waals surface area contributed by atoms with E-state index in [9.17, 15) is 4.39 Å². The lowest BCUT2D eigenvalue weighted by Gasteiger charge is -1.99. The average Bonchev–Trinajstić information content (AvgIpc) is 3.07. The van der Waals surface area contributed by atoms with Crippen molar-refractivity contribution in [1.82, 2.24) is 15.5 Å². The van der Waals surface area contributed by atoms with Crippen LogP contribution >= 0.6 is 11.3 Å². The third-order valence-corrected chi connectivity index (χ3v) is 4.19. The molecule has 2 aromatic rings. The number of rotatable bonds is 5. The van der Waals surface area contributed by atoms with E-state index in [0.29, 0.717) is 16.6 Å². The molecule has 0 atom stereocenters. The molecule has 1 aromatic heterocycles. The van der Waals surface area contributed by atoms with Gasteiger partial charge in [0.2, 0.25) is 0 Å². The van der Waals surface area contributed by atoms with Gasteiger partial charge in [-0.2, -0.15) is 0 Å². The molecule has 1 aliphatic rings. The minimum absolute atomic E-state index is 0.223. The highest BCUT2D eigenvalue weighted by molar-refractivity contribution is 7.14. The largest absolute Gasteiger partial charge is 0.314 e. The van der Waals surface area contributed by atoms with Crippen molar-refractivity contribution < 1.29 is 4.39 Å². The lowest BCUT2D eigenvalue weighted by Crippen LogP contribution is -2.19. The summed E-state index contributed by atoms with van der Waals surface area (Å²) >= 11 is 1.48. The van der Waals surface area contributed by atoms with Gasteiger partial charge in [0, 0.05) is 24.6 Å². The van der Waals surface area contributed by atoms with E-state index in [1.54, 1.807) is 6.07 Å². The maximum atomic E-state index is 13.8. The Kier molecular flexibility index (Phi) is 3.57. The number of nitrogens with zero attached hydrogens (tertiary/aromatic N) is 2. The minimum atomic E-state index is -0.223. The number of hydrogen-bond donors (Lipinski definition) is 1. The Labute approximate surface area is 115 Å². The third kappa shape index (κ3) is 3.16. The molecule has 0 saturated heterocycles. The van der Waals surface area contributed by atoms with E-state index in [1.807, 2.05) is 13.0 Å². The van der Waals surface area contributed by atoms with Crippen molar-refractivity contribution in [2.24, 2.45) is 0 Å². The van der Waals surface area contributed by atoms with Gasteiger partial charge in [0.25, 0.3) is 0 Å². The normalized spacial score (nSPS) is 14.8. The van der Waals surface area contributed by atoms with Crippen LogP contribution in [0.1, 0.15) is 23.4 Å². The molecule has 0 aliphatic heterocycles. The fraction of sp³-hybridized carbons (Fsp3) is 0.429. The van der Waals surface area contributed by atoms with Crippen molar-refractivity contribution in [3.05, 3.63) is 34.6 Å². The molecule has 3 rings (SSSR count). The van der Waals surface area contributed by atoms with E-state index in [-0.39, 0.29) is 5.82 Å². The lowest BCUT2D eigenvalue weighted by atomic mass is 10.1. The summed E-state index contributed by atoms with van der Waals surface area (Å²) in [5, 5.41) is 13.3. The van der Waals surface area contributed by atoms with Crippen molar-refractivity contribution in [2.75, 3.05) is 6.54 Å². The van der Waals surface area contributed by atoms with Crippen LogP contribution in [0.2, 0.25) is 0 Å². The highest BCUT2D eigenvalue weighted by Gasteiger charge is 2.20. The first-order chi connectivity index (χ1) is 9.22. The topological polar surface area (TPSA) is 37.8 Å². The number of benzene rings is 1. The maximum absolute atomic E-state index is 13.8. The number of nitrogens with one attached hydrogen (secondary N) is 1. The molecule has 1 aromatic carbocycles. The molecule has 1 saturated carbocycles. The van der Waals surface area contributed by atoms with Crippen molar-refractivity contribution in [3.8, 4) is 10.6 Å². The zero-order valence-electron chi connectivity index (χ0n) is 10.8. The fourth-order valence-electron chi connectivity index (χ4n) is 1.93. The van der Waals surface area contributed by atoms with Crippen molar-refractivity contribution >= 4 is 11.3 Å². The molecule has 0 bridgehead atoms. The van der Waals surface area contributed by atoms with Crippen LogP contribution in [0.15, 0.2) is 18.2 Å². The first kappa shape index (κ1) is 12.7. The predicted molar refractivity (Wildman–Crippen MR) is 74.8 cm³/mol. The molecule has 19 heavy (non-hydrogen) atoms. The smallest absolute Gasteiger partial charge is 0.150 e. The standard InChI is InChI=1S/C14H16FN3S/c1-9-2-5-11(12(15)8-9)14-18-17-13(19-14)6-7-16-10-3-4-10/h2,5,8,10,16H,3-4,6-7H2,1H3. The van der Waals surface area contributed by atoms with Gasteiger partial charge in [-0.1, -0.05) is 17.4 Å². The third-order valence-electron chi connectivity index (χ3n) is 3.17. The number of halogens is 1. The molecule has 0 radical (unpaired) electrons. The maximum Gasteiger partial charge on any atom is 0.150 e. The fourth-order valence-corrected chi connectivity index (χ4v) is 2.79. The first-order valence-corrected chi connectivity index (χ1v) is 7.36. The van der Waals surface area contributed by atoms with E-state index < -0.39 is 0 Å². The summed E-state index contributed by atoms with van der Waals surface area (Å²) in [5.41, 5.74) is 1.46. The van der Waals surface area contributed by atoms with Crippen molar-refractivity contribution in [3.63, 3.8) is 0 Å². The summed E-state index contributed by atoms with van der Waals surface area (Å²) in [6.45, 7) is 2.80. The van der Waals surface area contributed by atoms with Gasteiger partial charge in [0.15, 0.2) is 5.01 Å². The zero-order valence-corrected chi connectivity index (χ0v) is 11.6. The predicted octanol–water partition coefficient (Wildman–Crippen LogP) is 2.95. The Morgan fingerprint density at radius 2 is 2.21 bits per heavy atom. The van der Waals surface area contributed by atoms with Crippen molar-refractivity contribution in [2.45, 2.75) is 32.2 Å². The van der Waals surface area contributed by atoms with E-state index in [2.05, 4.69) is 15.5 Å². The van der Waals surface area contributed by atoms with Crippen LogP contribution in [0.25, 0.3) is 10.6 Å². The van der Waals surface area contributed by atoms with E-state index >= 15 is 0 Å². The second-order valence-electron chi connectivity index (χ2n) is 4.96. The average molecular weight is 277 g/mol. The molecule has 1 heterocycles. The zero-order chi connectivity index (χ0) is 13.2. The Balaban J connectivity index is 1.68. The van der Waals surface area contributed by atoms with Gasteiger partial charge in [-0.05, 0) is 37.5 Å². The second-order valence-corrected chi connectivity index (χ2v) is 6.02. The van der Waals surface area contributed by atoms with E-state index in [1.165, 1.54) is 30.2 Å². The Morgan fingerprint density at radius 3 is 2.95 bits per heavy atom. The van der Waals surface area contributed by atoms with Crippen LogP contribution in [0.4, 0.5) is 4.39 Å². The van der Waals surface area contributed by atoms with Gasteiger partial charge in [0.05, 0.1) is 0 Å². The molecule has 3 nitrogen and oxygen atoms in total. The highest BCUT2D eigenvalue weighted by Crippen LogP contribution is 2.27. The highest BCUT2D eigenvalue weighted by atomic mass is 32.1. The molecule has 5 heteroatoms. The summed E-state index contributed by atoms with van der Waals surface area (Å²) < 4.78 is 13.8. The Bertz CT molecular complexity index is 578. The van der Waals surface area contributed by atoms with Gasteiger partial charge in [0.1, 0.15) is 10.8 Å². The quantitative estimate of drug-likeness (QED) is 0.913. The summed E-state index contributed by atoms with van der Waals surface area (Å²) in [6, 6.07) is 5.92. The summed E-state index contributed by atoms with van der Waals surface area (Å²) in [5.74, 6) is -0.223. The summed E-state index contributed by atoms with van der Waals surface area (Å²) in [6.07, 6.45) is 3.44. The molecule has 0 amide bonds.